The van der Waals surface area contributed by atoms with Crippen LogP contribution >= 0.6 is 0 Å². The number of carbonyl (C=O) groups excluding carboxylic acids is 1. The summed E-state index contributed by atoms with van der Waals surface area (Å²) in [5.74, 6) is -0.798. The average molecular weight is 696 g/mol. The highest BCUT2D eigenvalue weighted by Crippen LogP contribution is 2.41. The van der Waals surface area contributed by atoms with Gasteiger partial charge in [0.05, 0.1) is 59.3 Å². The molecule has 3 aliphatic rings. The zero-order valence-corrected chi connectivity index (χ0v) is 26.3. The van der Waals surface area contributed by atoms with Crippen molar-refractivity contribution in [1.82, 2.24) is 0 Å². The van der Waals surface area contributed by atoms with Gasteiger partial charge >= 0.3 is 0 Å². The maximum absolute atomic E-state index is 14.0. The topological polar surface area (TPSA) is 331 Å². The Hall–Kier alpha value is -2.35. The van der Waals surface area contributed by atoms with Gasteiger partial charge < -0.3 is 95.9 Å². The van der Waals surface area contributed by atoms with Crippen LogP contribution in [-0.2, 0) is 23.7 Å². The Morgan fingerprint density at radius 1 is 0.750 bits per heavy atom. The quantitative estimate of drug-likeness (QED) is 0.0905. The number of rotatable bonds is 12. The van der Waals surface area contributed by atoms with Gasteiger partial charge in [-0.05, 0) is 12.1 Å². The summed E-state index contributed by atoms with van der Waals surface area (Å²) < 4.78 is 44.2. The van der Waals surface area contributed by atoms with Crippen LogP contribution in [0.3, 0.4) is 0 Å². The van der Waals surface area contributed by atoms with Crippen LogP contribution in [0.4, 0.5) is 0 Å². The molecule has 3 saturated heterocycles. The molecule has 1 aromatic rings. The Kier molecular flexibility index (Phi) is 12.6. The number of benzene rings is 1. The van der Waals surface area contributed by atoms with E-state index < -0.39 is 117 Å². The van der Waals surface area contributed by atoms with Crippen LogP contribution in [0, 0.1) is 0 Å². The number of Topliss-reactive ketones (excluding diaryl/α,β-unsaturated/α-hetero) is 1. The van der Waals surface area contributed by atoms with Gasteiger partial charge in [0.2, 0.25) is 5.75 Å². The van der Waals surface area contributed by atoms with Crippen LogP contribution in [0.1, 0.15) is 10.4 Å². The van der Waals surface area contributed by atoms with Crippen LogP contribution in [0.2, 0.25) is 0 Å². The molecule has 0 radical (unpaired) electrons. The summed E-state index contributed by atoms with van der Waals surface area (Å²) >= 11 is 0. The lowest BCUT2D eigenvalue weighted by atomic mass is 9.80. The minimum absolute atomic E-state index is 0.0541. The van der Waals surface area contributed by atoms with Gasteiger partial charge in [-0.1, -0.05) is 0 Å². The summed E-state index contributed by atoms with van der Waals surface area (Å²) in [4.78, 5) is 14.0. The first-order valence-corrected chi connectivity index (χ1v) is 14.9. The van der Waals surface area contributed by atoms with Gasteiger partial charge in [-0.2, -0.15) is 0 Å². The summed E-state index contributed by atoms with van der Waals surface area (Å²) in [5.41, 5.74) is 15.3. The Morgan fingerprint density at radius 2 is 1.25 bits per heavy atom. The van der Waals surface area contributed by atoms with Gasteiger partial charge in [0.25, 0.3) is 0 Å². The van der Waals surface area contributed by atoms with Gasteiger partial charge in [0, 0.05) is 5.56 Å². The largest absolute Gasteiger partial charge is 0.493 e. The van der Waals surface area contributed by atoms with Crippen molar-refractivity contribution in [3.63, 3.8) is 0 Å². The molecule has 14 N–H and O–H groups in total. The lowest BCUT2D eigenvalue weighted by molar-refractivity contribution is -0.354. The molecule has 0 amide bonds. The third-order valence-electron chi connectivity index (χ3n) is 8.79. The number of ketones is 1. The third-order valence-corrected chi connectivity index (χ3v) is 8.79. The van der Waals surface area contributed by atoms with Crippen molar-refractivity contribution in [1.29, 1.82) is 0 Å². The second kappa shape index (κ2) is 15.7. The van der Waals surface area contributed by atoms with E-state index in [-0.39, 0.29) is 22.8 Å². The Morgan fingerprint density at radius 3 is 1.75 bits per heavy atom. The Balaban J connectivity index is 1.59. The number of aliphatic hydroxyl groups is 8. The number of ether oxygens (including phenoxy) is 8. The highest BCUT2D eigenvalue weighted by atomic mass is 16.7. The minimum Gasteiger partial charge on any atom is -0.493 e. The average Bonchev–Trinajstić information content (AvgIpc) is 3.10. The fourth-order valence-corrected chi connectivity index (χ4v) is 5.93. The molecule has 2 unspecified atom stereocenters. The molecule has 15 atom stereocenters. The van der Waals surface area contributed by atoms with Gasteiger partial charge in [0.15, 0.2) is 41.8 Å². The Labute approximate surface area is 274 Å². The molecule has 0 aliphatic carbocycles. The first-order valence-electron chi connectivity index (χ1n) is 14.9. The van der Waals surface area contributed by atoms with E-state index >= 15 is 0 Å². The Bertz CT molecular complexity index is 1220. The molecule has 274 valence electrons. The zero-order valence-electron chi connectivity index (χ0n) is 26.3. The van der Waals surface area contributed by atoms with E-state index in [1.165, 1.54) is 33.5 Å². The van der Waals surface area contributed by atoms with E-state index in [2.05, 4.69) is 0 Å². The van der Waals surface area contributed by atoms with E-state index in [1.54, 1.807) is 0 Å². The van der Waals surface area contributed by atoms with Crippen molar-refractivity contribution in [3.05, 3.63) is 17.7 Å². The monoisotopic (exact) mass is 695 g/mol. The molecular formula is C28H45N3O17. The molecule has 0 aromatic heterocycles. The van der Waals surface area contributed by atoms with E-state index in [9.17, 15) is 45.6 Å². The molecule has 0 bridgehead atoms. The lowest BCUT2D eigenvalue weighted by Crippen LogP contribution is -2.73. The molecular weight excluding hydrogens is 650 g/mol. The zero-order chi connectivity index (χ0) is 35.7. The number of carbonyl (C=O) groups is 1. The summed E-state index contributed by atoms with van der Waals surface area (Å²) in [6.45, 7) is -2.73. The number of methoxy groups -OCH3 is 3. The predicted molar refractivity (Wildman–Crippen MR) is 157 cm³/mol. The fraction of sp³-hybridized carbons (Fsp3) is 0.750. The predicted octanol–water partition coefficient (Wildman–Crippen LogP) is -6.39. The fourth-order valence-electron chi connectivity index (χ4n) is 5.93. The van der Waals surface area contributed by atoms with Crippen molar-refractivity contribution in [2.75, 3.05) is 41.2 Å². The SMILES string of the molecule is COc1cc(C(=O)[C@]2(CO)O[C@H](OC3[C@@H](CO)O[C@@H](OC4[C@@H](CO)O[C@@H](O)[C@H](N)[C@H]4O)[C@H](N)[C@H]3O)[C@H](N)[C@@H](O)[C@@H]2O)cc(OC)c1OC. The second-order valence-corrected chi connectivity index (χ2v) is 11.6. The molecule has 48 heavy (non-hydrogen) atoms. The number of nitrogens with two attached hydrogens (primary N) is 3. The summed E-state index contributed by atoms with van der Waals surface area (Å²) in [7, 11) is 3.95. The van der Waals surface area contributed by atoms with Crippen LogP contribution in [0.15, 0.2) is 12.1 Å². The van der Waals surface area contributed by atoms with Crippen LogP contribution in [0.5, 0.6) is 17.2 Å². The lowest BCUT2D eigenvalue weighted by Gasteiger charge is -2.50. The number of aliphatic hydroxyl groups excluding tert-OH is 8. The first-order chi connectivity index (χ1) is 22.7. The van der Waals surface area contributed by atoms with Crippen molar-refractivity contribution in [2.24, 2.45) is 17.2 Å². The molecule has 3 aliphatic heterocycles. The molecule has 0 spiro atoms. The van der Waals surface area contributed by atoms with Gasteiger partial charge in [-0.15, -0.1) is 0 Å². The third kappa shape index (κ3) is 6.85. The van der Waals surface area contributed by atoms with Crippen molar-refractivity contribution >= 4 is 5.78 Å². The molecule has 3 heterocycles. The molecule has 3 fully saturated rings. The minimum atomic E-state index is -2.59. The van der Waals surface area contributed by atoms with E-state index in [0.717, 1.165) is 0 Å². The molecule has 20 nitrogen and oxygen atoms in total. The van der Waals surface area contributed by atoms with Gasteiger partial charge in [-0.25, -0.2) is 0 Å². The number of hydrogen-bond donors (Lipinski definition) is 11. The van der Waals surface area contributed by atoms with Crippen LogP contribution in [0.25, 0.3) is 0 Å². The van der Waals surface area contributed by atoms with Crippen molar-refractivity contribution in [3.8, 4) is 17.2 Å². The normalized spacial score (nSPS) is 41.9. The van der Waals surface area contributed by atoms with Gasteiger partial charge in [-0.3, -0.25) is 4.79 Å². The van der Waals surface area contributed by atoms with E-state index in [0.29, 0.717) is 0 Å². The molecule has 1 aromatic carbocycles. The van der Waals surface area contributed by atoms with Crippen LogP contribution < -0.4 is 31.4 Å². The molecule has 0 saturated carbocycles. The van der Waals surface area contributed by atoms with Crippen LogP contribution in [-0.4, -0.2) is 179 Å². The summed E-state index contributed by atoms with van der Waals surface area (Å²) in [6.07, 6.45) is -18.1. The second-order valence-electron chi connectivity index (χ2n) is 11.6. The van der Waals surface area contributed by atoms with E-state index in [4.69, 9.17) is 55.1 Å². The summed E-state index contributed by atoms with van der Waals surface area (Å²) in [6, 6.07) is -1.94. The number of hydrogen-bond acceptors (Lipinski definition) is 20. The smallest absolute Gasteiger partial charge is 0.203 e. The first kappa shape index (κ1) is 38.5. The standard InChI is InChI=1S/C28H45N3O17/c1-41-10-4-9(5-11(42-2)20(10)43-3)23(38)28(8-34)24(39)19(37)16(31)27(48-28)47-22-13(7-33)45-26(15(30)18(22)36)46-21-12(6-32)44-25(40)14(29)17(21)35/h4-5,12-19,21-22,24-27,32-37,39-40H,6-8,29-31H2,1-3H3/t12-,13-,14-,15-,16-,17-,18-,19-,21?,22?,24+,25-,26+,27+,28+/m1/s1. The van der Waals surface area contributed by atoms with Crippen molar-refractivity contribution in [2.45, 2.75) is 91.4 Å². The highest BCUT2D eigenvalue weighted by Gasteiger charge is 2.59. The highest BCUT2D eigenvalue weighted by molar-refractivity contribution is 6.04. The van der Waals surface area contributed by atoms with E-state index in [1.807, 2.05) is 0 Å². The van der Waals surface area contributed by atoms with Crippen molar-refractivity contribution < 1.29 is 83.5 Å². The van der Waals surface area contributed by atoms with Gasteiger partial charge in [0.1, 0.15) is 48.8 Å². The summed E-state index contributed by atoms with van der Waals surface area (Å²) in [5, 5.41) is 84.0. The maximum Gasteiger partial charge on any atom is 0.203 e. The molecule has 4 rings (SSSR count). The molecule has 20 heteroatoms. The maximum atomic E-state index is 14.0.